The molecule has 14 heteroatoms. The normalized spacial score (nSPS) is 18.4. The fraction of sp³-hybridized carbons (Fsp3) is 0.405. The van der Waals surface area contributed by atoms with E-state index in [-0.39, 0.29) is 53.2 Å². The van der Waals surface area contributed by atoms with Crippen LogP contribution in [0.1, 0.15) is 64.0 Å². The van der Waals surface area contributed by atoms with Crippen LogP contribution in [0.5, 0.6) is 11.5 Å². The number of methoxy groups -OCH3 is 2. The van der Waals surface area contributed by atoms with Crippen molar-refractivity contribution >= 4 is 34.7 Å². The lowest BCUT2D eigenvalue weighted by atomic mass is 9.80. The molecule has 2 aromatic heterocycles. The molecule has 3 heterocycles. The van der Waals surface area contributed by atoms with Crippen molar-refractivity contribution in [3.63, 3.8) is 0 Å². The number of carbonyl (C=O) groups is 2. The lowest BCUT2D eigenvalue weighted by Crippen LogP contribution is -2.40. The number of nitrogens with zero attached hydrogens (tertiary/aromatic N) is 4. The highest BCUT2D eigenvalue weighted by molar-refractivity contribution is 5.99. The first-order valence-electron chi connectivity index (χ1n) is 18.8. The lowest BCUT2D eigenvalue weighted by Gasteiger charge is -2.37. The van der Waals surface area contributed by atoms with Crippen molar-refractivity contribution in [2.75, 3.05) is 38.1 Å². The van der Waals surface area contributed by atoms with E-state index in [0.717, 1.165) is 16.7 Å². The summed E-state index contributed by atoms with van der Waals surface area (Å²) in [7, 11) is 3.23. The molecule has 1 fully saturated rings. The molecule has 1 unspecified atom stereocenters. The van der Waals surface area contributed by atoms with E-state index >= 15 is 0 Å². The van der Waals surface area contributed by atoms with E-state index in [1.54, 1.807) is 46.5 Å². The molecule has 0 spiro atoms. The first kappa shape index (κ1) is 40.3. The number of amides is 2. The van der Waals surface area contributed by atoms with Crippen molar-refractivity contribution in [3.8, 4) is 11.5 Å². The molecular weight excluding hydrogens is 716 g/mol. The number of anilines is 2. The van der Waals surface area contributed by atoms with Gasteiger partial charge in [0.15, 0.2) is 23.2 Å². The van der Waals surface area contributed by atoms with Gasteiger partial charge < -0.3 is 34.1 Å². The number of carbonyl (C=O) groups excluding carboxylic acids is 2. The summed E-state index contributed by atoms with van der Waals surface area (Å²) in [6.07, 6.45) is -1.64. The predicted molar refractivity (Wildman–Crippen MR) is 210 cm³/mol. The monoisotopic (exact) mass is 766 g/mol. The molecule has 0 radical (unpaired) electrons. The molecule has 1 aliphatic heterocycles. The standard InChI is InChI=1S/C42H50N6O8/c1-8-22-54-35-34(49)32(56-40(35)48-24-43-33-36(44-38(50)25(2)3)45-41(46-37(33)48)47-39(51)26(4)5)23-55-42(27-12-10-9-11-13-27,28-14-18-30(52-6)19-15-28)29-16-20-31(53-7)21-17-29/h9-21,24-26,32,34-35,40,49H,8,22-23H2,1-7H3,(H2,44,45,46,47,50,51)/t32-,34-,35-,40?/m1/s1. The van der Waals surface area contributed by atoms with E-state index in [0.29, 0.717) is 24.5 Å². The van der Waals surface area contributed by atoms with Gasteiger partial charge in [-0.1, -0.05) is 89.2 Å². The number of fused-ring (bicyclic) bond motifs is 1. The quantitative estimate of drug-likeness (QED) is 0.0994. The first-order valence-corrected chi connectivity index (χ1v) is 18.8. The summed E-state index contributed by atoms with van der Waals surface area (Å²) in [6.45, 7) is 9.27. The van der Waals surface area contributed by atoms with E-state index in [2.05, 4.69) is 25.6 Å². The Balaban J connectivity index is 1.41. The molecule has 1 aliphatic rings. The van der Waals surface area contributed by atoms with Crippen LogP contribution in [0.15, 0.2) is 85.2 Å². The van der Waals surface area contributed by atoms with Crippen LogP contribution in [-0.4, -0.2) is 82.2 Å². The van der Waals surface area contributed by atoms with Gasteiger partial charge in [0.05, 0.1) is 27.2 Å². The number of rotatable bonds is 16. The van der Waals surface area contributed by atoms with E-state index in [4.69, 9.17) is 23.7 Å². The third kappa shape index (κ3) is 8.24. The minimum Gasteiger partial charge on any atom is -0.497 e. The summed E-state index contributed by atoms with van der Waals surface area (Å²) in [4.78, 5) is 39.2. The predicted octanol–water partition coefficient (Wildman–Crippen LogP) is 6.09. The molecular formula is C42H50N6O8. The molecule has 4 atom stereocenters. The molecule has 0 bridgehead atoms. The summed E-state index contributed by atoms with van der Waals surface area (Å²) in [5.74, 6) is 0.188. The Morgan fingerprint density at radius 1 is 0.839 bits per heavy atom. The van der Waals surface area contributed by atoms with Gasteiger partial charge in [0.2, 0.25) is 17.8 Å². The molecule has 56 heavy (non-hydrogen) atoms. The van der Waals surface area contributed by atoms with E-state index in [9.17, 15) is 14.7 Å². The van der Waals surface area contributed by atoms with Gasteiger partial charge in [0.25, 0.3) is 0 Å². The lowest BCUT2D eigenvalue weighted by molar-refractivity contribution is -0.119. The van der Waals surface area contributed by atoms with Crippen molar-refractivity contribution in [1.82, 2.24) is 19.5 Å². The van der Waals surface area contributed by atoms with Crippen LogP contribution in [0.2, 0.25) is 0 Å². The third-order valence-electron chi connectivity index (χ3n) is 9.69. The summed E-state index contributed by atoms with van der Waals surface area (Å²) < 4.78 is 32.7. The zero-order chi connectivity index (χ0) is 40.0. The fourth-order valence-corrected chi connectivity index (χ4v) is 6.56. The number of aliphatic hydroxyl groups is 1. The van der Waals surface area contributed by atoms with Crippen LogP contribution in [0.25, 0.3) is 11.2 Å². The Labute approximate surface area is 326 Å². The number of imidazole rings is 1. The number of aromatic nitrogens is 4. The number of benzene rings is 3. The Morgan fingerprint density at radius 3 is 1.96 bits per heavy atom. The number of hydrogen-bond donors (Lipinski definition) is 3. The molecule has 0 aliphatic carbocycles. The van der Waals surface area contributed by atoms with Gasteiger partial charge >= 0.3 is 0 Å². The molecule has 1 saturated heterocycles. The number of nitrogens with one attached hydrogen (secondary N) is 2. The second-order valence-corrected chi connectivity index (χ2v) is 14.2. The molecule has 0 saturated carbocycles. The van der Waals surface area contributed by atoms with E-state index < -0.39 is 30.1 Å². The fourth-order valence-electron chi connectivity index (χ4n) is 6.56. The van der Waals surface area contributed by atoms with Crippen molar-refractivity contribution in [1.29, 1.82) is 0 Å². The summed E-state index contributed by atoms with van der Waals surface area (Å²) in [5.41, 5.74) is 1.86. The second kappa shape index (κ2) is 17.6. The first-order chi connectivity index (χ1) is 27.0. The molecule has 14 nitrogen and oxygen atoms in total. The van der Waals surface area contributed by atoms with Gasteiger partial charge in [-0.15, -0.1) is 0 Å². The Morgan fingerprint density at radius 2 is 1.41 bits per heavy atom. The van der Waals surface area contributed by atoms with Crippen molar-refractivity contribution in [2.45, 2.75) is 71.2 Å². The van der Waals surface area contributed by atoms with Crippen LogP contribution in [-0.2, 0) is 29.4 Å². The smallest absolute Gasteiger partial charge is 0.233 e. The molecule has 296 valence electrons. The Kier molecular flexibility index (Phi) is 12.6. The largest absolute Gasteiger partial charge is 0.497 e. The third-order valence-corrected chi connectivity index (χ3v) is 9.69. The van der Waals surface area contributed by atoms with Crippen LogP contribution in [0, 0.1) is 11.8 Å². The SMILES string of the molecule is CCCO[C@H]1C(n2cnc3c(NC(=O)C(C)C)nc(NC(=O)C(C)C)nc32)O[C@H](COC(c2ccccc2)(c2ccc(OC)cc2)c2ccc(OC)cc2)[C@H]1O. The van der Waals surface area contributed by atoms with Crippen LogP contribution in [0.3, 0.4) is 0 Å². The molecule has 3 N–H and O–H groups in total. The average Bonchev–Trinajstić information content (AvgIpc) is 3.77. The molecule has 5 aromatic rings. The van der Waals surface area contributed by atoms with Crippen LogP contribution < -0.4 is 20.1 Å². The van der Waals surface area contributed by atoms with E-state index in [1.807, 2.05) is 85.8 Å². The second-order valence-electron chi connectivity index (χ2n) is 14.2. The average molecular weight is 767 g/mol. The number of hydrogen-bond acceptors (Lipinski definition) is 11. The highest BCUT2D eigenvalue weighted by Crippen LogP contribution is 2.43. The van der Waals surface area contributed by atoms with E-state index in [1.165, 1.54) is 6.33 Å². The number of aliphatic hydroxyl groups excluding tert-OH is 1. The highest BCUT2D eigenvalue weighted by Gasteiger charge is 2.48. The summed E-state index contributed by atoms with van der Waals surface area (Å²) >= 11 is 0. The van der Waals surface area contributed by atoms with Gasteiger partial charge in [0, 0.05) is 18.4 Å². The van der Waals surface area contributed by atoms with Crippen LogP contribution in [0.4, 0.5) is 11.8 Å². The maximum atomic E-state index is 12.8. The maximum absolute atomic E-state index is 12.8. The van der Waals surface area contributed by atoms with Gasteiger partial charge in [0.1, 0.15) is 35.4 Å². The Hall–Kier alpha value is -5.41. The minimum atomic E-state index is -1.16. The minimum absolute atomic E-state index is 0.0203. The zero-order valence-corrected chi connectivity index (χ0v) is 32.8. The molecule has 3 aromatic carbocycles. The Bertz CT molecular complexity index is 2040. The molecule has 2 amide bonds. The van der Waals surface area contributed by atoms with Gasteiger partial charge in [-0.3, -0.25) is 19.5 Å². The van der Waals surface area contributed by atoms with Crippen molar-refractivity contribution < 1.29 is 38.4 Å². The van der Waals surface area contributed by atoms with Gasteiger partial charge in [-0.25, -0.2) is 4.98 Å². The van der Waals surface area contributed by atoms with Gasteiger partial charge in [-0.05, 0) is 47.4 Å². The van der Waals surface area contributed by atoms with Crippen molar-refractivity contribution in [2.24, 2.45) is 11.8 Å². The summed E-state index contributed by atoms with van der Waals surface area (Å²) in [6, 6.07) is 25.2. The topological polar surface area (TPSA) is 168 Å². The van der Waals surface area contributed by atoms with Gasteiger partial charge in [-0.2, -0.15) is 9.97 Å². The zero-order valence-electron chi connectivity index (χ0n) is 32.8. The highest BCUT2D eigenvalue weighted by atomic mass is 16.6. The summed E-state index contributed by atoms with van der Waals surface area (Å²) in [5, 5.41) is 17.5. The maximum Gasteiger partial charge on any atom is 0.233 e. The molecule has 6 rings (SSSR count). The van der Waals surface area contributed by atoms with Crippen LogP contribution >= 0.6 is 0 Å². The number of ether oxygens (including phenoxy) is 5. The van der Waals surface area contributed by atoms with Crippen molar-refractivity contribution in [3.05, 3.63) is 102 Å².